The summed E-state index contributed by atoms with van der Waals surface area (Å²) in [6.07, 6.45) is -2.67. The fourth-order valence-corrected chi connectivity index (χ4v) is 2.56. The molecule has 17 heavy (non-hydrogen) atoms. The summed E-state index contributed by atoms with van der Waals surface area (Å²) in [5, 5.41) is 8.72. The lowest BCUT2D eigenvalue weighted by Crippen LogP contribution is -2.09. The van der Waals surface area contributed by atoms with Gasteiger partial charge in [-0.25, -0.2) is 0 Å². The van der Waals surface area contributed by atoms with E-state index in [4.69, 9.17) is 5.26 Å². The van der Waals surface area contributed by atoms with Gasteiger partial charge >= 0.3 is 6.18 Å². The molecule has 1 rings (SSSR count). The summed E-state index contributed by atoms with van der Waals surface area (Å²) in [5.74, 6) is 0.633. The first kappa shape index (κ1) is 13.9. The first-order chi connectivity index (χ1) is 8.00. The van der Waals surface area contributed by atoms with Gasteiger partial charge in [0.15, 0.2) is 0 Å². The predicted octanol–water partition coefficient (Wildman–Crippen LogP) is 4.47. The lowest BCUT2D eigenvalue weighted by Gasteiger charge is -2.13. The van der Waals surface area contributed by atoms with E-state index >= 15 is 0 Å². The van der Waals surface area contributed by atoms with Gasteiger partial charge in [0.2, 0.25) is 0 Å². The topological polar surface area (TPSA) is 23.8 Å². The van der Waals surface area contributed by atoms with Crippen LogP contribution in [0.3, 0.4) is 0 Å². The second-order valence-electron chi connectivity index (χ2n) is 3.49. The standard InChI is InChI=1S/C12H12F3NS/c1-2-3-7-17-10-6-4-5-9(8-16)11(10)12(13,14)15/h4-6H,2-3,7H2,1H3. The maximum atomic E-state index is 12.8. The highest BCUT2D eigenvalue weighted by molar-refractivity contribution is 7.99. The molecular formula is C12H12F3NS. The number of nitriles is 1. The molecule has 0 saturated heterocycles. The van der Waals surface area contributed by atoms with E-state index in [1.54, 1.807) is 6.07 Å². The van der Waals surface area contributed by atoms with Gasteiger partial charge in [0.25, 0.3) is 0 Å². The summed E-state index contributed by atoms with van der Waals surface area (Å²) >= 11 is 1.16. The Hall–Kier alpha value is -1.15. The fraction of sp³-hybridized carbons (Fsp3) is 0.417. The Kier molecular flexibility index (Phi) is 4.88. The Bertz CT molecular complexity index is 421. The largest absolute Gasteiger partial charge is 0.418 e. The molecule has 0 aliphatic rings. The molecule has 92 valence electrons. The summed E-state index contributed by atoms with van der Waals surface area (Å²) in [6.45, 7) is 1.98. The molecule has 1 aromatic rings. The van der Waals surface area contributed by atoms with Gasteiger partial charge in [-0.2, -0.15) is 18.4 Å². The van der Waals surface area contributed by atoms with Crippen molar-refractivity contribution in [2.75, 3.05) is 5.75 Å². The molecule has 1 aromatic carbocycles. The van der Waals surface area contributed by atoms with Crippen LogP contribution in [0.2, 0.25) is 0 Å². The molecule has 0 fully saturated rings. The number of unbranched alkanes of at least 4 members (excludes halogenated alkanes) is 1. The van der Waals surface area contributed by atoms with E-state index in [0.29, 0.717) is 5.75 Å². The average Bonchev–Trinajstić information content (AvgIpc) is 2.27. The molecule has 0 aliphatic carbocycles. The minimum absolute atomic E-state index is 0.144. The van der Waals surface area contributed by atoms with Crippen molar-refractivity contribution in [1.82, 2.24) is 0 Å². The number of alkyl halides is 3. The van der Waals surface area contributed by atoms with E-state index in [1.165, 1.54) is 18.2 Å². The zero-order valence-corrected chi connectivity index (χ0v) is 10.2. The Labute approximate surface area is 103 Å². The maximum Gasteiger partial charge on any atom is 0.418 e. The average molecular weight is 259 g/mol. The van der Waals surface area contributed by atoms with E-state index in [-0.39, 0.29) is 10.5 Å². The Morgan fingerprint density at radius 3 is 2.59 bits per heavy atom. The normalized spacial score (nSPS) is 11.2. The third-order valence-corrected chi connectivity index (χ3v) is 3.33. The molecule has 0 spiro atoms. The number of thioether (sulfide) groups is 1. The summed E-state index contributed by atoms with van der Waals surface area (Å²) in [7, 11) is 0. The Morgan fingerprint density at radius 1 is 1.35 bits per heavy atom. The lowest BCUT2D eigenvalue weighted by atomic mass is 10.1. The van der Waals surface area contributed by atoms with E-state index in [2.05, 4.69) is 0 Å². The first-order valence-corrected chi connectivity index (χ1v) is 6.22. The van der Waals surface area contributed by atoms with E-state index in [1.807, 2.05) is 6.92 Å². The first-order valence-electron chi connectivity index (χ1n) is 5.23. The highest BCUT2D eigenvalue weighted by Crippen LogP contribution is 2.39. The van der Waals surface area contributed by atoms with Crippen LogP contribution in [0.15, 0.2) is 23.1 Å². The number of hydrogen-bond acceptors (Lipinski definition) is 2. The second kappa shape index (κ2) is 5.97. The molecule has 0 bridgehead atoms. The molecule has 0 unspecified atom stereocenters. The van der Waals surface area contributed by atoms with Gasteiger partial charge in [0.1, 0.15) is 0 Å². The van der Waals surface area contributed by atoms with Crippen molar-refractivity contribution in [2.24, 2.45) is 0 Å². The number of rotatable bonds is 4. The van der Waals surface area contributed by atoms with Crippen LogP contribution in [0.1, 0.15) is 30.9 Å². The molecule has 0 N–H and O–H groups in total. The Morgan fingerprint density at radius 2 is 2.06 bits per heavy atom. The monoisotopic (exact) mass is 259 g/mol. The van der Waals surface area contributed by atoms with Gasteiger partial charge in [0, 0.05) is 4.90 Å². The SMILES string of the molecule is CCCCSc1cccc(C#N)c1C(F)(F)F. The third-order valence-electron chi connectivity index (χ3n) is 2.19. The molecule has 1 nitrogen and oxygen atoms in total. The van der Waals surface area contributed by atoms with Gasteiger partial charge < -0.3 is 0 Å². The molecule has 0 heterocycles. The van der Waals surface area contributed by atoms with Crippen molar-refractivity contribution in [3.05, 3.63) is 29.3 Å². The van der Waals surface area contributed by atoms with Crippen molar-refractivity contribution in [3.63, 3.8) is 0 Å². The van der Waals surface area contributed by atoms with Crippen molar-refractivity contribution >= 4 is 11.8 Å². The minimum Gasteiger partial charge on any atom is -0.192 e. The number of hydrogen-bond donors (Lipinski definition) is 0. The van der Waals surface area contributed by atoms with Crippen LogP contribution in [0, 0.1) is 11.3 Å². The van der Waals surface area contributed by atoms with E-state index in [9.17, 15) is 13.2 Å². The van der Waals surface area contributed by atoms with Gasteiger partial charge in [-0.05, 0) is 24.3 Å². The van der Waals surface area contributed by atoms with Crippen LogP contribution < -0.4 is 0 Å². The summed E-state index contributed by atoms with van der Waals surface area (Å²) < 4.78 is 38.5. The number of benzene rings is 1. The van der Waals surface area contributed by atoms with Crippen LogP contribution in [0.5, 0.6) is 0 Å². The number of halogens is 3. The molecule has 0 radical (unpaired) electrons. The summed E-state index contributed by atoms with van der Waals surface area (Å²) in [6, 6.07) is 5.71. The summed E-state index contributed by atoms with van der Waals surface area (Å²) in [4.78, 5) is 0.144. The zero-order valence-electron chi connectivity index (χ0n) is 9.34. The molecule has 5 heteroatoms. The minimum atomic E-state index is -4.47. The van der Waals surface area contributed by atoms with Crippen LogP contribution in [0.4, 0.5) is 13.2 Å². The van der Waals surface area contributed by atoms with Crippen LogP contribution >= 0.6 is 11.8 Å². The van der Waals surface area contributed by atoms with Gasteiger partial charge in [-0.3, -0.25) is 0 Å². The van der Waals surface area contributed by atoms with Crippen molar-refractivity contribution in [2.45, 2.75) is 30.8 Å². The maximum absolute atomic E-state index is 12.8. The molecular weight excluding hydrogens is 247 g/mol. The van der Waals surface area contributed by atoms with Gasteiger partial charge in [-0.15, -0.1) is 11.8 Å². The summed E-state index contributed by atoms with van der Waals surface area (Å²) in [5.41, 5.74) is -1.11. The fourth-order valence-electron chi connectivity index (χ4n) is 1.36. The quantitative estimate of drug-likeness (QED) is 0.588. The van der Waals surface area contributed by atoms with Crippen LogP contribution in [-0.2, 0) is 6.18 Å². The van der Waals surface area contributed by atoms with Gasteiger partial charge in [-0.1, -0.05) is 19.4 Å². The third kappa shape index (κ3) is 3.67. The smallest absolute Gasteiger partial charge is 0.192 e. The zero-order chi connectivity index (χ0) is 12.9. The molecule has 0 aromatic heterocycles. The molecule has 0 amide bonds. The van der Waals surface area contributed by atoms with Crippen molar-refractivity contribution in [1.29, 1.82) is 5.26 Å². The van der Waals surface area contributed by atoms with Crippen molar-refractivity contribution in [3.8, 4) is 6.07 Å². The Balaban J connectivity index is 3.08. The van der Waals surface area contributed by atoms with Crippen molar-refractivity contribution < 1.29 is 13.2 Å². The van der Waals surface area contributed by atoms with Crippen LogP contribution in [0.25, 0.3) is 0 Å². The highest BCUT2D eigenvalue weighted by atomic mass is 32.2. The highest BCUT2D eigenvalue weighted by Gasteiger charge is 2.36. The number of nitrogens with zero attached hydrogens (tertiary/aromatic N) is 1. The van der Waals surface area contributed by atoms with Gasteiger partial charge in [0.05, 0.1) is 17.2 Å². The predicted molar refractivity (Wildman–Crippen MR) is 61.8 cm³/mol. The lowest BCUT2D eigenvalue weighted by molar-refractivity contribution is -0.139. The molecule has 0 saturated carbocycles. The van der Waals surface area contributed by atoms with Crippen LogP contribution in [-0.4, -0.2) is 5.75 Å². The van der Waals surface area contributed by atoms with E-state index < -0.39 is 11.7 Å². The second-order valence-corrected chi connectivity index (χ2v) is 4.63. The molecule has 0 aliphatic heterocycles. The molecule has 0 atom stereocenters. The van der Waals surface area contributed by atoms with E-state index in [0.717, 1.165) is 24.6 Å².